The van der Waals surface area contributed by atoms with E-state index in [2.05, 4.69) is 44.8 Å². The van der Waals surface area contributed by atoms with Crippen LogP contribution in [0.15, 0.2) is 0 Å². The third kappa shape index (κ3) is 3.18. The van der Waals surface area contributed by atoms with Crippen LogP contribution in [-0.4, -0.2) is 36.1 Å². The standard InChI is InChI=1S/C13H28N2/c1-6-11(5)15-9-13(10(3)4)14-8-12(15)7-2/h10-14H,6-9H2,1-5H3. The van der Waals surface area contributed by atoms with Gasteiger partial charge in [0, 0.05) is 31.2 Å². The fraction of sp³-hybridized carbons (Fsp3) is 1.00. The van der Waals surface area contributed by atoms with Crippen molar-refractivity contribution in [3.05, 3.63) is 0 Å². The summed E-state index contributed by atoms with van der Waals surface area (Å²) in [6.45, 7) is 14.0. The fourth-order valence-electron chi connectivity index (χ4n) is 2.45. The van der Waals surface area contributed by atoms with E-state index in [9.17, 15) is 0 Å². The lowest BCUT2D eigenvalue weighted by atomic mass is 9.96. The SMILES string of the molecule is CCC(C)N1CC(C(C)C)NCC1CC. The second-order valence-corrected chi connectivity index (χ2v) is 5.27. The quantitative estimate of drug-likeness (QED) is 0.770. The van der Waals surface area contributed by atoms with Gasteiger partial charge in [0.1, 0.15) is 0 Å². The Bertz CT molecular complexity index is 179. The van der Waals surface area contributed by atoms with Gasteiger partial charge in [-0.2, -0.15) is 0 Å². The Kier molecular flexibility index (Phi) is 5.07. The highest BCUT2D eigenvalue weighted by Crippen LogP contribution is 2.18. The Labute approximate surface area is 95.4 Å². The predicted octanol–water partition coefficient (Wildman–Crippen LogP) is 2.49. The molecule has 1 aliphatic rings. The van der Waals surface area contributed by atoms with E-state index in [1.165, 1.54) is 25.9 Å². The van der Waals surface area contributed by atoms with Gasteiger partial charge in [-0.05, 0) is 25.7 Å². The van der Waals surface area contributed by atoms with Crippen molar-refractivity contribution in [2.24, 2.45) is 5.92 Å². The lowest BCUT2D eigenvalue weighted by Crippen LogP contribution is -2.60. The van der Waals surface area contributed by atoms with Crippen LogP contribution in [0.5, 0.6) is 0 Å². The number of nitrogens with zero attached hydrogens (tertiary/aromatic N) is 1. The molecule has 0 aliphatic carbocycles. The lowest BCUT2D eigenvalue weighted by molar-refractivity contribution is 0.0723. The van der Waals surface area contributed by atoms with Crippen LogP contribution in [0.3, 0.4) is 0 Å². The highest BCUT2D eigenvalue weighted by atomic mass is 15.3. The largest absolute Gasteiger partial charge is 0.311 e. The molecule has 15 heavy (non-hydrogen) atoms. The van der Waals surface area contributed by atoms with Gasteiger partial charge in [-0.25, -0.2) is 0 Å². The van der Waals surface area contributed by atoms with Crippen LogP contribution in [0.25, 0.3) is 0 Å². The summed E-state index contributed by atoms with van der Waals surface area (Å²) >= 11 is 0. The number of rotatable bonds is 4. The molecule has 90 valence electrons. The second kappa shape index (κ2) is 5.86. The average Bonchev–Trinajstić information content (AvgIpc) is 2.27. The zero-order valence-corrected chi connectivity index (χ0v) is 11.1. The van der Waals surface area contributed by atoms with Crippen LogP contribution in [0.4, 0.5) is 0 Å². The zero-order chi connectivity index (χ0) is 11.4. The maximum absolute atomic E-state index is 3.69. The summed E-state index contributed by atoms with van der Waals surface area (Å²) in [5.41, 5.74) is 0. The molecule has 1 rings (SSSR count). The second-order valence-electron chi connectivity index (χ2n) is 5.27. The molecule has 0 bridgehead atoms. The topological polar surface area (TPSA) is 15.3 Å². The van der Waals surface area contributed by atoms with Gasteiger partial charge in [-0.15, -0.1) is 0 Å². The summed E-state index contributed by atoms with van der Waals surface area (Å²) in [6.07, 6.45) is 2.53. The molecule has 0 radical (unpaired) electrons. The van der Waals surface area contributed by atoms with E-state index in [4.69, 9.17) is 0 Å². The maximum Gasteiger partial charge on any atom is 0.0221 e. The first kappa shape index (κ1) is 13.0. The monoisotopic (exact) mass is 212 g/mol. The molecule has 1 fully saturated rings. The van der Waals surface area contributed by atoms with E-state index >= 15 is 0 Å². The number of piperazine rings is 1. The van der Waals surface area contributed by atoms with Crippen molar-refractivity contribution in [1.29, 1.82) is 0 Å². The molecule has 0 aromatic carbocycles. The normalized spacial score (nSPS) is 30.8. The third-order valence-electron chi connectivity index (χ3n) is 3.93. The van der Waals surface area contributed by atoms with Crippen molar-refractivity contribution in [3.8, 4) is 0 Å². The Hall–Kier alpha value is -0.0800. The Morgan fingerprint density at radius 1 is 1.27 bits per heavy atom. The molecule has 1 aliphatic heterocycles. The predicted molar refractivity (Wildman–Crippen MR) is 67.2 cm³/mol. The molecule has 3 unspecified atom stereocenters. The van der Waals surface area contributed by atoms with Crippen LogP contribution < -0.4 is 5.32 Å². The third-order valence-corrected chi connectivity index (χ3v) is 3.93. The Morgan fingerprint density at radius 3 is 2.40 bits per heavy atom. The van der Waals surface area contributed by atoms with Crippen molar-refractivity contribution in [1.82, 2.24) is 10.2 Å². The summed E-state index contributed by atoms with van der Waals surface area (Å²) in [5, 5.41) is 3.69. The number of hydrogen-bond donors (Lipinski definition) is 1. The van der Waals surface area contributed by atoms with Gasteiger partial charge in [0.2, 0.25) is 0 Å². The van der Waals surface area contributed by atoms with Crippen LogP contribution in [0.2, 0.25) is 0 Å². The minimum atomic E-state index is 0.682. The molecular weight excluding hydrogens is 184 g/mol. The van der Waals surface area contributed by atoms with E-state index in [1.54, 1.807) is 0 Å². The minimum absolute atomic E-state index is 0.682. The van der Waals surface area contributed by atoms with E-state index in [1.807, 2.05) is 0 Å². The molecule has 2 heteroatoms. The van der Waals surface area contributed by atoms with Crippen molar-refractivity contribution in [2.45, 2.75) is 65.6 Å². The molecule has 1 N–H and O–H groups in total. The average molecular weight is 212 g/mol. The Balaban J connectivity index is 2.60. The summed E-state index contributed by atoms with van der Waals surface area (Å²) in [5.74, 6) is 0.745. The fourth-order valence-corrected chi connectivity index (χ4v) is 2.45. The molecule has 1 heterocycles. The van der Waals surface area contributed by atoms with Crippen LogP contribution >= 0.6 is 0 Å². The minimum Gasteiger partial charge on any atom is -0.311 e. The highest BCUT2D eigenvalue weighted by molar-refractivity contribution is 4.89. The van der Waals surface area contributed by atoms with Gasteiger partial charge in [0.05, 0.1) is 0 Å². The Morgan fingerprint density at radius 2 is 1.93 bits per heavy atom. The molecule has 2 nitrogen and oxygen atoms in total. The van der Waals surface area contributed by atoms with Gasteiger partial charge in [-0.3, -0.25) is 4.90 Å². The molecule has 1 saturated heterocycles. The van der Waals surface area contributed by atoms with Gasteiger partial charge in [0.25, 0.3) is 0 Å². The van der Waals surface area contributed by atoms with E-state index in [-0.39, 0.29) is 0 Å². The summed E-state index contributed by atoms with van der Waals surface area (Å²) in [6, 6.07) is 2.16. The van der Waals surface area contributed by atoms with Crippen LogP contribution in [0, 0.1) is 5.92 Å². The highest BCUT2D eigenvalue weighted by Gasteiger charge is 2.30. The first-order valence-electron chi connectivity index (χ1n) is 6.59. The van der Waals surface area contributed by atoms with Crippen molar-refractivity contribution >= 4 is 0 Å². The van der Waals surface area contributed by atoms with Gasteiger partial charge >= 0.3 is 0 Å². The molecule has 0 amide bonds. The first-order valence-corrected chi connectivity index (χ1v) is 6.59. The van der Waals surface area contributed by atoms with E-state index < -0.39 is 0 Å². The molecule has 3 atom stereocenters. The van der Waals surface area contributed by atoms with Crippen molar-refractivity contribution in [2.75, 3.05) is 13.1 Å². The molecule has 0 aromatic rings. The van der Waals surface area contributed by atoms with Gasteiger partial charge in [0.15, 0.2) is 0 Å². The van der Waals surface area contributed by atoms with Gasteiger partial charge < -0.3 is 5.32 Å². The lowest BCUT2D eigenvalue weighted by Gasteiger charge is -2.44. The number of nitrogens with one attached hydrogen (secondary N) is 1. The van der Waals surface area contributed by atoms with Crippen molar-refractivity contribution < 1.29 is 0 Å². The van der Waals surface area contributed by atoms with Crippen LogP contribution in [0.1, 0.15) is 47.5 Å². The maximum atomic E-state index is 3.69. The summed E-state index contributed by atoms with van der Waals surface area (Å²) in [7, 11) is 0. The molecule has 0 saturated carbocycles. The molecule has 0 spiro atoms. The van der Waals surface area contributed by atoms with Crippen molar-refractivity contribution in [3.63, 3.8) is 0 Å². The zero-order valence-electron chi connectivity index (χ0n) is 11.1. The summed E-state index contributed by atoms with van der Waals surface area (Å²) in [4.78, 5) is 2.71. The smallest absolute Gasteiger partial charge is 0.0221 e. The number of hydrogen-bond acceptors (Lipinski definition) is 2. The van der Waals surface area contributed by atoms with Crippen LogP contribution in [-0.2, 0) is 0 Å². The summed E-state index contributed by atoms with van der Waals surface area (Å²) < 4.78 is 0. The molecular formula is C13H28N2. The van der Waals surface area contributed by atoms with E-state index in [0.29, 0.717) is 6.04 Å². The first-order chi connectivity index (χ1) is 7.10. The molecule has 0 aromatic heterocycles. The van der Waals surface area contributed by atoms with E-state index in [0.717, 1.165) is 18.0 Å². The van der Waals surface area contributed by atoms with Gasteiger partial charge in [-0.1, -0.05) is 27.7 Å².